The maximum atomic E-state index is 14.0. The molecule has 0 amide bonds. The summed E-state index contributed by atoms with van der Waals surface area (Å²) in [4.78, 5) is 14.7. The Hall–Kier alpha value is -1.69. The molecular formula is C14H18F2N2O2. The van der Waals surface area contributed by atoms with Crippen LogP contribution in [0, 0.1) is 11.6 Å². The van der Waals surface area contributed by atoms with Gasteiger partial charge in [0.25, 0.3) is 0 Å². The second kappa shape index (κ2) is 5.75. The van der Waals surface area contributed by atoms with Gasteiger partial charge in [0.2, 0.25) is 0 Å². The van der Waals surface area contributed by atoms with Crippen molar-refractivity contribution in [1.29, 1.82) is 0 Å². The maximum Gasteiger partial charge on any atom is 0.335 e. The molecule has 0 aromatic heterocycles. The van der Waals surface area contributed by atoms with Crippen LogP contribution in [0.3, 0.4) is 0 Å². The Morgan fingerprint density at radius 2 is 1.95 bits per heavy atom. The molecule has 1 saturated heterocycles. The lowest BCUT2D eigenvalue weighted by Crippen LogP contribution is -2.52. The molecule has 110 valence electrons. The zero-order valence-electron chi connectivity index (χ0n) is 11.6. The van der Waals surface area contributed by atoms with Crippen molar-refractivity contribution < 1.29 is 18.7 Å². The fourth-order valence-electron chi connectivity index (χ4n) is 2.66. The number of hydrogen-bond acceptors (Lipinski definition) is 3. The lowest BCUT2D eigenvalue weighted by Gasteiger charge is -2.40. The van der Waals surface area contributed by atoms with Crippen molar-refractivity contribution in [3.8, 4) is 0 Å². The average Bonchev–Trinajstić information content (AvgIpc) is 2.38. The molecule has 1 heterocycles. The van der Waals surface area contributed by atoms with Gasteiger partial charge in [-0.1, -0.05) is 6.92 Å². The largest absolute Gasteiger partial charge is 0.478 e. The monoisotopic (exact) mass is 284 g/mol. The van der Waals surface area contributed by atoms with Crippen LogP contribution in [0.5, 0.6) is 0 Å². The van der Waals surface area contributed by atoms with Crippen LogP contribution < -0.4 is 4.90 Å². The van der Waals surface area contributed by atoms with E-state index in [9.17, 15) is 13.6 Å². The van der Waals surface area contributed by atoms with Crippen LogP contribution in [-0.2, 0) is 0 Å². The molecule has 1 fully saturated rings. The van der Waals surface area contributed by atoms with Crippen molar-refractivity contribution in [1.82, 2.24) is 4.90 Å². The molecule has 0 radical (unpaired) electrons. The Morgan fingerprint density at radius 1 is 1.35 bits per heavy atom. The summed E-state index contributed by atoms with van der Waals surface area (Å²) >= 11 is 0. The van der Waals surface area contributed by atoms with Gasteiger partial charge in [0.05, 0.1) is 5.56 Å². The van der Waals surface area contributed by atoms with E-state index < -0.39 is 17.6 Å². The van der Waals surface area contributed by atoms with E-state index in [2.05, 4.69) is 11.8 Å². The number of halogens is 2. The van der Waals surface area contributed by atoms with E-state index in [1.54, 1.807) is 4.90 Å². The van der Waals surface area contributed by atoms with Crippen molar-refractivity contribution in [2.45, 2.75) is 19.9 Å². The molecule has 20 heavy (non-hydrogen) atoms. The van der Waals surface area contributed by atoms with Crippen molar-refractivity contribution in [2.24, 2.45) is 0 Å². The highest BCUT2D eigenvalue weighted by atomic mass is 19.1. The molecule has 1 aliphatic heterocycles. The summed E-state index contributed by atoms with van der Waals surface area (Å²) < 4.78 is 28.0. The number of carbonyl (C=O) groups is 1. The number of benzene rings is 1. The van der Waals surface area contributed by atoms with Crippen molar-refractivity contribution in [3.63, 3.8) is 0 Å². The van der Waals surface area contributed by atoms with Gasteiger partial charge < -0.3 is 10.0 Å². The summed E-state index contributed by atoms with van der Waals surface area (Å²) in [5.74, 6) is -2.97. The molecular weight excluding hydrogens is 266 g/mol. The lowest BCUT2D eigenvalue weighted by atomic mass is 10.1. The van der Waals surface area contributed by atoms with Gasteiger partial charge in [-0.3, -0.25) is 4.90 Å². The maximum absolute atomic E-state index is 14.0. The summed E-state index contributed by atoms with van der Waals surface area (Å²) in [7, 11) is 0. The number of carboxylic acid groups (broad SMARTS) is 1. The number of likely N-dealkylation sites (N-methyl/N-ethyl adjacent to an activating group) is 1. The lowest BCUT2D eigenvalue weighted by molar-refractivity contribution is 0.0695. The molecule has 0 saturated carbocycles. The summed E-state index contributed by atoms with van der Waals surface area (Å²) in [5.41, 5.74) is -0.499. The van der Waals surface area contributed by atoms with Crippen molar-refractivity contribution in [3.05, 3.63) is 29.3 Å². The van der Waals surface area contributed by atoms with E-state index in [1.165, 1.54) is 0 Å². The number of anilines is 1. The van der Waals surface area contributed by atoms with Crippen LogP contribution in [0.15, 0.2) is 12.1 Å². The summed E-state index contributed by atoms with van der Waals surface area (Å²) in [6.07, 6.45) is 0. The Morgan fingerprint density at radius 3 is 2.40 bits per heavy atom. The highest BCUT2D eigenvalue weighted by Gasteiger charge is 2.27. The quantitative estimate of drug-likeness (QED) is 0.924. The third-order valence-corrected chi connectivity index (χ3v) is 3.75. The fourth-order valence-corrected chi connectivity index (χ4v) is 2.66. The summed E-state index contributed by atoms with van der Waals surface area (Å²) in [6, 6.07) is 1.95. The number of aromatic carboxylic acids is 1. The zero-order chi connectivity index (χ0) is 14.9. The van der Waals surface area contributed by atoms with Gasteiger partial charge in [-0.25, -0.2) is 13.6 Å². The van der Waals surface area contributed by atoms with E-state index in [0.29, 0.717) is 13.1 Å². The molecule has 6 heteroatoms. The van der Waals surface area contributed by atoms with Crippen LogP contribution in [0.1, 0.15) is 24.2 Å². The highest BCUT2D eigenvalue weighted by Crippen LogP contribution is 2.27. The predicted molar refractivity (Wildman–Crippen MR) is 72.2 cm³/mol. The number of rotatable bonds is 3. The van der Waals surface area contributed by atoms with Crippen LogP contribution >= 0.6 is 0 Å². The minimum atomic E-state index is -1.33. The van der Waals surface area contributed by atoms with E-state index >= 15 is 0 Å². The Labute approximate surface area is 116 Å². The first-order valence-electron chi connectivity index (χ1n) is 6.65. The van der Waals surface area contributed by atoms with Gasteiger partial charge in [0.1, 0.15) is 17.3 Å². The van der Waals surface area contributed by atoms with Crippen molar-refractivity contribution >= 4 is 11.7 Å². The summed E-state index contributed by atoms with van der Waals surface area (Å²) in [6.45, 7) is 6.74. The minimum absolute atomic E-state index is 0.127. The number of carboxylic acids is 1. The van der Waals surface area contributed by atoms with Gasteiger partial charge in [-0.15, -0.1) is 0 Å². The minimum Gasteiger partial charge on any atom is -0.478 e. The predicted octanol–water partition coefficient (Wildman–Crippen LogP) is 2.19. The van der Waals surface area contributed by atoms with E-state index in [-0.39, 0.29) is 17.3 Å². The highest BCUT2D eigenvalue weighted by molar-refractivity contribution is 5.88. The van der Waals surface area contributed by atoms with Crippen LogP contribution in [0.2, 0.25) is 0 Å². The van der Waals surface area contributed by atoms with Gasteiger partial charge in [0, 0.05) is 25.7 Å². The zero-order valence-corrected chi connectivity index (χ0v) is 11.6. The van der Waals surface area contributed by atoms with Crippen LogP contribution in [0.4, 0.5) is 14.5 Å². The smallest absolute Gasteiger partial charge is 0.335 e. The first-order chi connectivity index (χ1) is 9.43. The van der Waals surface area contributed by atoms with Gasteiger partial charge in [-0.05, 0) is 25.6 Å². The van der Waals surface area contributed by atoms with Crippen LogP contribution in [0.25, 0.3) is 0 Å². The number of hydrogen-bond donors (Lipinski definition) is 1. The third-order valence-electron chi connectivity index (χ3n) is 3.75. The number of nitrogens with zero attached hydrogens (tertiary/aromatic N) is 2. The molecule has 1 atom stereocenters. The molecule has 0 spiro atoms. The van der Waals surface area contributed by atoms with Crippen molar-refractivity contribution in [2.75, 3.05) is 31.1 Å². The molecule has 1 aromatic carbocycles. The van der Waals surface area contributed by atoms with Crippen LogP contribution in [-0.4, -0.2) is 48.2 Å². The van der Waals surface area contributed by atoms with Gasteiger partial charge in [-0.2, -0.15) is 0 Å². The Balaban J connectivity index is 2.28. The normalized spacial score (nSPS) is 20.2. The first kappa shape index (κ1) is 14.7. The first-order valence-corrected chi connectivity index (χ1v) is 6.65. The number of piperazine rings is 1. The third kappa shape index (κ3) is 2.75. The Kier molecular flexibility index (Phi) is 4.23. The average molecular weight is 284 g/mol. The standard InChI is InChI=1S/C14H18F2N2O2/c1-3-17-4-5-18(8-9(17)2)13-11(15)6-10(14(19)20)7-12(13)16/h6-7,9H,3-5,8H2,1-2H3,(H,19,20). The molecule has 4 nitrogen and oxygen atoms in total. The molecule has 1 unspecified atom stereocenters. The van der Waals surface area contributed by atoms with Gasteiger partial charge >= 0.3 is 5.97 Å². The van der Waals surface area contributed by atoms with E-state index in [1.807, 2.05) is 6.92 Å². The summed E-state index contributed by atoms with van der Waals surface area (Å²) in [5, 5.41) is 8.79. The van der Waals surface area contributed by atoms with E-state index in [0.717, 1.165) is 25.2 Å². The second-order valence-corrected chi connectivity index (χ2v) is 5.02. The second-order valence-electron chi connectivity index (χ2n) is 5.02. The molecule has 1 N–H and O–H groups in total. The molecule has 1 aliphatic rings. The molecule has 1 aromatic rings. The van der Waals surface area contributed by atoms with Gasteiger partial charge in [0.15, 0.2) is 0 Å². The fraction of sp³-hybridized carbons (Fsp3) is 0.500. The topological polar surface area (TPSA) is 43.8 Å². The van der Waals surface area contributed by atoms with E-state index in [4.69, 9.17) is 5.11 Å². The SMILES string of the molecule is CCN1CCN(c2c(F)cc(C(=O)O)cc2F)CC1C. The molecule has 0 bridgehead atoms. The Bertz CT molecular complexity index is 499. The molecule has 2 rings (SSSR count). The molecule has 0 aliphatic carbocycles.